The van der Waals surface area contributed by atoms with Crippen molar-refractivity contribution in [1.82, 2.24) is 0 Å². The molecular weight excluding hydrogens is 390 g/mol. The van der Waals surface area contributed by atoms with E-state index in [4.69, 9.17) is 9.47 Å². The molecule has 3 aromatic rings. The number of carbonyl (C=O) groups is 2. The van der Waals surface area contributed by atoms with Gasteiger partial charge in [-0.1, -0.05) is 50.2 Å². The average molecular weight is 418 g/mol. The second kappa shape index (κ2) is 10.4. The smallest absolute Gasteiger partial charge is 0.338 e. The Hall–Kier alpha value is -3.60. The van der Waals surface area contributed by atoms with Gasteiger partial charge in [0.15, 0.2) is 6.10 Å². The van der Waals surface area contributed by atoms with Crippen molar-refractivity contribution in [1.29, 1.82) is 0 Å². The van der Waals surface area contributed by atoms with Gasteiger partial charge in [0.25, 0.3) is 5.91 Å². The molecule has 0 heterocycles. The van der Waals surface area contributed by atoms with Crippen molar-refractivity contribution in [2.45, 2.75) is 39.2 Å². The maximum absolute atomic E-state index is 12.6. The summed E-state index contributed by atoms with van der Waals surface area (Å²) in [4.78, 5) is 25.1. The van der Waals surface area contributed by atoms with E-state index >= 15 is 0 Å². The number of carbonyl (C=O) groups excluding carboxylic acids is 2. The van der Waals surface area contributed by atoms with Crippen LogP contribution in [0.5, 0.6) is 11.5 Å². The molecule has 0 fully saturated rings. The summed E-state index contributed by atoms with van der Waals surface area (Å²) in [6.07, 6.45) is 0.0271. The van der Waals surface area contributed by atoms with Crippen LogP contribution in [0.1, 0.15) is 49.0 Å². The lowest BCUT2D eigenvalue weighted by Gasteiger charge is -2.18. The number of hydrogen-bond acceptors (Lipinski definition) is 4. The number of amides is 1. The highest BCUT2D eigenvalue weighted by Gasteiger charge is 2.20. The molecule has 0 bridgehead atoms. The molecule has 0 unspecified atom stereocenters. The molecule has 0 aliphatic heterocycles. The molecule has 2 atom stereocenters. The second-order valence-electron chi connectivity index (χ2n) is 7.37. The fourth-order valence-corrected chi connectivity index (χ4v) is 3.06. The Labute approximate surface area is 183 Å². The fraction of sp³-hybridized carbons (Fsp3) is 0.231. The molecule has 0 saturated carbocycles. The first-order valence-corrected chi connectivity index (χ1v) is 10.4. The van der Waals surface area contributed by atoms with Crippen LogP contribution in [0.2, 0.25) is 0 Å². The Kier molecular flexibility index (Phi) is 7.44. The predicted octanol–water partition coefficient (Wildman–Crippen LogP) is 6.18. The van der Waals surface area contributed by atoms with Gasteiger partial charge in [0.05, 0.1) is 5.56 Å². The summed E-state index contributed by atoms with van der Waals surface area (Å²) in [7, 11) is 0. The molecule has 160 valence electrons. The Bertz CT molecular complexity index is 1020. The average Bonchev–Trinajstić information content (AvgIpc) is 2.80. The highest BCUT2D eigenvalue weighted by Crippen LogP contribution is 2.27. The third-order valence-electron chi connectivity index (χ3n) is 5.08. The van der Waals surface area contributed by atoms with Crippen molar-refractivity contribution in [3.05, 3.63) is 90.0 Å². The number of nitrogens with one attached hydrogen (secondary N) is 1. The summed E-state index contributed by atoms with van der Waals surface area (Å²) in [6.45, 7) is 5.77. The van der Waals surface area contributed by atoms with Crippen LogP contribution in [-0.2, 0) is 9.53 Å². The summed E-state index contributed by atoms with van der Waals surface area (Å²) in [6, 6.07) is 23.7. The van der Waals surface area contributed by atoms with Crippen molar-refractivity contribution in [3.8, 4) is 11.5 Å². The minimum atomic E-state index is -0.933. The van der Waals surface area contributed by atoms with E-state index in [-0.39, 0.29) is 5.91 Å². The monoisotopic (exact) mass is 417 g/mol. The molecule has 3 aromatic carbocycles. The Morgan fingerprint density at radius 3 is 2.13 bits per heavy atom. The molecule has 5 heteroatoms. The number of ether oxygens (including phenoxy) is 2. The van der Waals surface area contributed by atoms with Crippen molar-refractivity contribution in [2.75, 3.05) is 5.32 Å². The van der Waals surface area contributed by atoms with Crippen LogP contribution < -0.4 is 10.1 Å². The van der Waals surface area contributed by atoms with E-state index in [0.717, 1.165) is 17.7 Å². The molecule has 0 aromatic heterocycles. The van der Waals surface area contributed by atoms with Crippen LogP contribution in [0.4, 0.5) is 5.69 Å². The first-order valence-electron chi connectivity index (χ1n) is 10.4. The van der Waals surface area contributed by atoms with Crippen molar-refractivity contribution in [3.63, 3.8) is 0 Å². The Morgan fingerprint density at radius 2 is 1.45 bits per heavy atom. The van der Waals surface area contributed by atoms with E-state index in [1.54, 1.807) is 31.2 Å². The van der Waals surface area contributed by atoms with Gasteiger partial charge in [-0.2, -0.15) is 0 Å². The van der Waals surface area contributed by atoms with E-state index in [2.05, 4.69) is 19.2 Å². The summed E-state index contributed by atoms with van der Waals surface area (Å²) in [5.41, 5.74) is 2.15. The minimum Gasteiger partial charge on any atom is -0.457 e. The molecular formula is C26H27NO4. The van der Waals surface area contributed by atoms with Crippen LogP contribution in [0.15, 0.2) is 78.9 Å². The van der Waals surface area contributed by atoms with Crippen molar-refractivity contribution >= 4 is 17.6 Å². The zero-order valence-corrected chi connectivity index (χ0v) is 18.0. The number of anilines is 1. The van der Waals surface area contributed by atoms with Gasteiger partial charge in [0.1, 0.15) is 11.5 Å². The molecule has 31 heavy (non-hydrogen) atoms. The lowest BCUT2D eigenvalue weighted by Crippen LogP contribution is -2.30. The number of hydrogen-bond donors (Lipinski definition) is 1. The zero-order chi connectivity index (χ0) is 22.2. The standard InChI is InChI=1S/C26H27NO4/c1-4-18(2)23-12-8-9-13-24(23)27-25(28)19(3)30-26(29)20-14-16-22(17-15-20)31-21-10-6-5-7-11-21/h5-19H,4H2,1-3H3,(H,27,28)/t18-,19+/m0/s1. The van der Waals surface area contributed by atoms with E-state index in [1.807, 2.05) is 54.6 Å². The van der Waals surface area contributed by atoms with E-state index in [1.165, 1.54) is 0 Å². The third-order valence-corrected chi connectivity index (χ3v) is 5.08. The molecule has 3 rings (SSSR count). The number of para-hydroxylation sites is 2. The molecule has 0 radical (unpaired) electrons. The van der Waals surface area contributed by atoms with Gasteiger partial charge in [0, 0.05) is 5.69 Å². The van der Waals surface area contributed by atoms with E-state index in [9.17, 15) is 9.59 Å². The Balaban J connectivity index is 1.59. The van der Waals surface area contributed by atoms with E-state index in [0.29, 0.717) is 23.0 Å². The van der Waals surface area contributed by atoms with Gasteiger partial charge in [-0.15, -0.1) is 0 Å². The van der Waals surface area contributed by atoms with E-state index < -0.39 is 12.1 Å². The molecule has 1 amide bonds. The van der Waals surface area contributed by atoms with Gasteiger partial charge in [0.2, 0.25) is 0 Å². The quantitative estimate of drug-likeness (QED) is 0.445. The number of rotatable bonds is 8. The lowest BCUT2D eigenvalue weighted by atomic mass is 9.97. The van der Waals surface area contributed by atoms with Crippen molar-refractivity contribution < 1.29 is 19.1 Å². The largest absolute Gasteiger partial charge is 0.457 e. The predicted molar refractivity (Wildman–Crippen MR) is 122 cm³/mol. The van der Waals surface area contributed by atoms with Gasteiger partial charge >= 0.3 is 5.97 Å². The lowest BCUT2D eigenvalue weighted by molar-refractivity contribution is -0.123. The van der Waals surface area contributed by atoms with Crippen LogP contribution in [-0.4, -0.2) is 18.0 Å². The minimum absolute atomic E-state index is 0.311. The summed E-state index contributed by atoms with van der Waals surface area (Å²) < 4.78 is 11.1. The topological polar surface area (TPSA) is 64.6 Å². The highest BCUT2D eigenvalue weighted by molar-refractivity contribution is 5.97. The maximum Gasteiger partial charge on any atom is 0.338 e. The number of esters is 1. The van der Waals surface area contributed by atoms with Crippen LogP contribution in [0, 0.1) is 0 Å². The van der Waals surface area contributed by atoms with Gasteiger partial charge in [-0.3, -0.25) is 4.79 Å². The summed E-state index contributed by atoms with van der Waals surface area (Å²) in [5.74, 6) is 0.694. The van der Waals surface area contributed by atoms with Crippen LogP contribution >= 0.6 is 0 Å². The molecule has 1 N–H and O–H groups in total. The highest BCUT2D eigenvalue weighted by atomic mass is 16.5. The molecule has 0 aliphatic carbocycles. The normalized spacial score (nSPS) is 12.5. The van der Waals surface area contributed by atoms with Crippen LogP contribution in [0.25, 0.3) is 0 Å². The van der Waals surface area contributed by atoms with Gasteiger partial charge in [-0.05, 0) is 67.3 Å². The molecule has 0 spiro atoms. The summed E-state index contributed by atoms with van der Waals surface area (Å²) >= 11 is 0. The first-order chi connectivity index (χ1) is 15.0. The summed E-state index contributed by atoms with van der Waals surface area (Å²) in [5, 5.41) is 2.88. The molecule has 0 saturated heterocycles. The molecule has 0 aliphatic rings. The van der Waals surface area contributed by atoms with Gasteiger partial charge < -0.3 is 14.8 Å². The van der Waals surface area contributed by atoms with Crippen molar-refractivity contribution in [2.24, 2.45) is 0 Å². The third kappa shape index (κ3) is 5.95. The first kappa shape index (κ1) is 22.1. The Morgan fingerprint density at radius 1 is 0.839 bits per heavy atom. The number of benzene rings is 3. The van der Waals surface area contributed by atoms with Gasteiger partial charge in [-0.25, -0.2) is 4.79 Å². The maximum atomic E-state index is 12.6. The fourth-order valence-electron chi connectivity index (χ4n) is 3.06. The zero-order valence-electron chi connectivity index (χ0n) is 18.0. The van der Waals surface area contributed by atoms with Crippen LogP contribution in [0.3, 0.4) is 0 Å². The SMILES string of the molecule is CC[C@H](C)c1ccccc1NC(=O)[C@@H](C)OC(=O)c1ccc(Oc2ccccc2)cc1. The molecule has 5 nitrogen and oxygen atoms in total. The second-order valence-corrected chi connectivity index (χ2v) is 7.37.